The van der Waals surface area contributed by atoms with E-state index in [-0.39, 0.29) is 5.91 Å². The van der Waals surface area contributed by atoms with E-state index in [1.807, 2.05) is 11.0 Å². The first-order valence-electron chi connectivity index (χ1n) is 9.20. The second kappa shape index (κ2) is 7.23. The molecule has 2 heterocycles. The van der Waals surface area contributed by atoms with Gasteiger partial charge in [0.2, 0.25) is 0 Å². The molecule has 6 nitrogen and oxygen atoms in total. The van der Waals surface area contributed by atoms with Crippen LogP contribution in [0.4, 0.5) is 0 Å². The summed E-state index contributed by atoms with van der Waals surface area (Å²) in [6, 6.07) is 15.3. The fraction of sp³-hybridized carbons (Fsp3) is 0.286. The number of nitrogens with one attached hydrogen (secondary N) is 2. The molecule has 0 aliphatic carbocycles. The van der Waals surface area contributed by atoms with E-state index in [9.17, 15) is 14.4 Å². The summed E-state index contributed by atoms with van der Waals surface area (Å²) in [4.78, 5) is 42.8. The van der Waals surface area contributed by atoms with Crippen LogP contribution in [0.2, 0.25) is 0 Å². The number of amides is 1. The summed E-state index contributed by atoms with van der Waals surface area (Å²) in [6.45, 7) is 1.44. The Kier molecular flexibility index (Phi) is 4.62. The van der Waals surface area contributed by atoms with Gasteiger partial charge in [-0.15, -0.1) is 0 Å². The van der Waals surface area contributed by atoms with Gasteiger partial charge in [-0.3, -0.25) is 14.6 Å². The molecule has 2 N–H and O–H groups in total. The minimum atomic E-state index is -0.549. The largest absolute Gasteiger partial charge is 0.339 e. The highest BCUT2D eigenvalue weighted by molar-refractivity contribution is 5.97. The van der Waals surface area contributed by atoms with Crippen LogP contribution in [0.25, 0.3) is 10.9 Å². The van der Waals surface area contributed by atoms with Gasteiger partial charge in [0, 0.05) is 18.7 Å². The van der Waals surface area contributed by atoms with Crippen LogP contribution in [-0.2, 0) is 6.42 Å². The molecule has 0 radical (unpaired) electrons. The molecule has 0 bridgehead atoms. The summed E-state index contributed by atoms with van der Waals surface area (Å²) >= 11 is 0. The van der Waals surface area contributed by atoms with Crippen LogP contribution in [-0.4, -0.2) is 33.9 Å². The van der Waals surface area contributed by atoms with E-state index in [0.29, 0.717) is 22.4 Å². The van der Waals surface area contributed by atoms with Crippen LogP contribution < -0.4 is 11.2 Å². The van der Waals surface area contributed by atoms with Gasteiger partial charge in [0.05, 0.1) is 10.9 Å². The average Bonchev–Trinajstić information content (AvgIpc) is 2.68. The highest BCUT2D eigenvalue weighted by Gasteiger charge is 2.24. The molecule has 6 heteroatoms. The van der Waals surface area contributed by atoms with Crippen LogP contribution in [0.3, 0.4) is 0 Å². The number of benzene rings is 2. The number of H-pyrrole nitrogens is 2. The number of carbonyl (C=O) groups excluding carboxylic acids is 1. The van der Waals surface area contributed by atoms with E-state index in [0.717, 1.165) is 32.4 Å². The molecule has 138 valence electrons. The van der Waals surface area contributed by atoms with Crippen molar-refractivity contribution in [1.82, 2.24) is 14.9 Å². The fourth-order valence-corrected chi connectivity index (χ4v) is 3.77. The number of rotatable bonds is 3. The van der Waals surface area contributed by atoms with Crippen LogP contribution >= 0.6 is 0 Å². The number of hydrogen-bond acceptors (Lipinski definition) is 3. The Hall–Kier alpha value is -3.15. The summed E-state index contributed by atoms with van der Waals surface area (Å²) in [5.74, 6) is 0.515. The lowest BCUT2D eigenvalue weighted by molar-refractivity contribution is 0.0690. The predicted octanol–water partition coefficient (Wildman–Crippen LogP) is 2.31. The molecule has 4 rings (SSSR count). The number of fused-ring (bicyclic) bond motifs is 1. The van der Waals surface area contributed by atoms with Gasteiger partial charge in [-0.25, -0.2) is 4.79 Å². The second-order valence-corrected chi connectivity index (χ2v) is 7.09. The Morgan fingerprint density at radius 2 is 1.74 bits per heavy atom. The topological polar surface area (TPSA) is 86.0 Å². The molecule has 1 amide bonds. The van der Waals surface area contributed by atoms with Crippen LogP contribution in [0.15, 0.2) is 58.1 Å². The zero-order chi connectivity index (χ0) is 18.8. The standard InChI is InChI=1S/C21H21N3O3/c25-19-17-13-16(6-7-18(17)22-21(27)23-19)20(26)24-10-8-15(9-11-24)12-14-4-2-1-3-5-14/h1-7,13,15H,8-12H2,(H2,22,23,25,27). The first kappa shape index (κ1) is 17.3. The van der Waals surface area contributed by atoms with E-state index in [2.05, 4.69) is 34.2 Å². The minimum Gasteiger partial charge on any atom is -0.339 e. The lowest BCUT2D eigenvalue weighted by Gasteiger charge is -2.32. The van der Waals surface area contributed by atoms with Crippen molar-refractivity contribution in [3.05, 3.63) is 80.5 Å². The molecule has 2 aromatic carbocycles. The molecule has 0 spiro atoms. The van der Waals surface area contributed by atoms with E-state index >= 15 is 0 Å². The number of hydrogen-bond donors (Lipinski definition) is 2. The molecule has 0 unspecified atom stereocenters. The van der Waals surface area contributed by atoms with E-state index < -0.39 is 11.2 Å². The van der Waals surface area contributed by atoms with Gasteiger partial charge >= 0.3 is 5.69 Å². The molecule has 0 saturated carbocycles. The maximum Gasteiger partial charge on any atom is 0.326 e. The number of nitrogens with zero attached hydrogens (tertiary/aromatic N) is 1. The Morgan fingerprint density at radius 3 is 2.48 bits per heavy atom. The summed E-state index contributed by atoms with van der Waals surface area (Å²) in [6.07, 6.45) is 2.99. The maximum atomic E-state index is 12.8. The van der Waals surface area contributed by atoms with Gasteiger partial charge in [-0.05, 0) is 48.9 Å². The number of aromatic nitrogens is 2. The normalized spacial score (nSPS) is 15.2. The van der Waals surface area contributed by atoms with Crippen molar-refractivity contribution in [3.8, 4) is 0 Å². The summed E-state index contributed by atoms with van der Waals surface area (Å²) < 4.78 is 0. The predicted molar refractivity (Wildman–Crippen MR) is 104 cm³/mol. The maximum absolute atomic E-state index is 12.8. The molecule has 1 fully saturated rings. The smallest absolute Gasteiger partial charge is 0.326 e. The first-order chi connectivity index (χ1) is 13.1. The molecule has 1 aliphatic rings. The van der Waals surface area contributed by atoms with Crippen molar-refractivity contribution >= 4 is 16.8 Å². The second-order valence-electron chi connectivity index (χ2n) is 7.09. The number of piperidine rings is 1. The van der Waals surface area contributed by atoms with Crippen LogP contribution in [0.1, 0.15) is 28.8 Å². The van der Waals surface area contributed by atoms with Gasteiger partial charge < -0.3 is 9.88 Å². The van der Waals surface area contributed by atoms with Crippen molar-refractivity contribution in [2.24, 2.45) is 5.92 Å². The lowest BCUT2D eigenvalue weighted by atomic mass is 9.90. The third-order valence-corrected chi connectivity index (χ3v) is 5.26. The molecular weight excluding hydrogens is 342 g/mol. The summed E-state index contributed by atoms with van der Waals surface area (Å²) in [7, 11) is 0. The van der Waals surface area contributed by atoms with Crippen molar-refractivity contribution in [2.45, 2.75) is 19.3 Å². The van der Waals surface area contributed by atoms with Gasteiger partial charge in [-0.1, -0.05) is 30.3 Å². The van der Waals surface area contributed by atoms with Crippen molar-refractivity contribution in [2.75, 3.05) is 13.1 Å². The fourth-order valence-electron chi connectivity index (χ4n) is 3.77. The van der Waals surface area contributed by atoms with E-state index in [1.54, 1.807) is 18.2 Å². The Balaban J connectivity index is 1.45. The van der Waals surface area contributed by atoms with E-state index in [4.69, 9.17) is 0 Å². The first-order valence-corrected chi connectivity index (χ1v) is 9.20. The average molecular weight is 363 g/mol. The van der Waals surface area contributed by atoms with Crippen molar-refractivity contribution < 1.29 is 4.79 Å². The minimum absolute atomic E-state index is 0.0688. The van der Waals surface area contributed by atoms with Gasteiger partial charge in [0.1, 0.15) is 0 Å². The molecule has 1 saturated heterocycles. The Bertz CT molecular complexity index is 1080. The zero-order valence-corrected chi connectivity index (χ0v) is 14.9. The highest BCUT2D eigenvalue weighted by atomic mass is 16.2. The molecule has 0 atom stereocenters. The number of aromatic amines is 2. The van der Waals surface area contributed by atoms with Crippen LogP contribution in [0.5, 0.6) is 0 Å². The van der Waals surface area contributed by atoms with Gasteiger partial charge in [0.25, 0.3) is 11.5 Å². The highest BCUT2D eigenvalue weighted by Crippen LogP contribution is 2.23. The summed E-state index contributed by atoms with van der Waals surface area (Å²) in [5.41, 5.74) is 1.21. The molecule has 1 aromatic heterocycles. The molecular formula is C21H21N3O3. The molecule has 27 heavy (non-hydrogen) atoms. The van der Waals surface area contributed by atoms with Gasteiger partial charge in [0.15, 0.2) is 0 Å². The van der Waals surface area contributed by atoms with Crippen molar-refractivity contribution in [3.63, 3.8) is 0 Å². The van der Waals surface area contributed by atoms with Crippen molar-refractivity contribution in [1.29, 1.82) is 0 Å². The van der Waals surface area contributed by atoms with E-state index in [1.165, 1.54) is 5.56 Å². The zero-order valence-electron chi connectivity index (χ0n) is 14.9. The number of carbonyl (C=O) groups is 1. The lowest BCUT2D eigenvalue weighted by Crippen LogP contribution is -2.39. The monoisotopic (exact) mass is 363 g/mol. The van der Waals surface area contributed by atoms with Gasteiger partial charge in [-0.2, -0.15) is 0 Å². The third kappa shape index (κ3) is 3.69. The molecule has 3 aromatic rings. The molecule has 1 aliphatic heterocycles. The number of likely N-dealkylation sites (tertiary alicyclic amines) is 1. The van der Waals surface area contributed by atoms with Crippen LogP contribution in [0, 0.1) is 5.92 Å². The quantitative estimate of drug-likeness (QED) is 0.749. The Labute approximate surface area is 155 Å². The Morgan fingerprint density at radius 1 is 1.00 bits per heavy atom. The third-order valence-electron chi connectivity index (χ3n) is 5.26. The SMILES string of the molecule is O=C(c1ccc2[nH]c(=O)[nH]c(=O)c2c1)N1CCC(Cc2ccccc2)CC1. The summed E-state index contributed by atoms with van der Waals surface area (Å²) in [5, 5.41) is 0.319.